The molecule has 0 saturated heterocycles. The minimum atomic E-state index is -0.234. The molecule has 0 spiro atoms. The molecule has 1 aliphatic rings. The van der Waals surface area contributed by atoms with Crippen molar-refractivity contribution in [3.63, 3.8) is 0 Å². The van der Waals surface area contributed by atoms with Gasteiger partial charge < -0.3 is 0 Å². The van der Waals surface area contributed by atoms with Gasteiger partial charge in [0.1, 0.15) is 0 Å². The number of unbranched alkanes of at least 4 members (excludes halogenated alkanes) is 1. The molecule has 0 bridgehead atoms. The average Bonchev–Trinajstić information content (AvgIpc) is 2.83. The zero-order valence-corrected chi connectivity index (χ0v) is 17.7. The number of hydrogen-bond acceptors (Lipinski definition) is 5. The van der Waals surface area contributed by atoms with Gasteiger partial charge in [0.05, 0.1) is 23.1 Å². The lowest BCUT2D eigenvalue weighted by Crippen LogP contribution is -2.40. The van der Waals surface area contributed by atoms with Gasteiger partial charge in [-0.05, 0) is 36.8 Å². The van der Waals surface area contributed by atoms with E-state index < -0.39 is 0 Å². The Morgan fingerprint density at radius 2 is 1.75 bits per heavy atom. The number of rotatable bonds is 6. The molecule has 6 heteroatoms. The Morgan fingerprint density at radius 1 is 0.938 bits per heavy atom. The molecule has 32 heavy (non-hydrogen) atoms. The van der Waals surface area contributed by atoms with Crippen LogP contribution in [-0.4, -0.2) is 34.5 Å². The summed E-state index contributed by atoms with van der Waals surface area (Å²) in [7, 11) is 0. The van der Waals surface area contributed by atoms with Gasteiger partial charge in [0, 0.05) is 33.8 Å². The second-order valence-corrected chi connectivity index (χ2v) is 7.80. The molecular formula is C26H22N4O2. The second-order valence-electron chi connectivity index (χ2n) is 7.80. The molecule has 3 aromatic carbocycles. The van der Waals surface area contributed by atoms with E-state index in [2.05, 4.69) is 15.5 Å². The number of fused-ring (bicyclic) bond motifs is 1. The van der Waals surface area contributed by atoms with Gasteiger partial charge in [-0.1, -0.05) is 49.7 Å². The summed E-state index contributed by atoms with van der Waals surface area (Å²) in [6.45, 7) is 2.48. The van der Waals surface area contributed by atoms with Crippen molar-refractivity contribution >= 4 is 45.4 Å². The highest BCUT2D eigenvalue weighted by atomic mass is 16.2. The molecule has 0 saturated carbocycles. The summed E-state index contributed by atoms with van der Waals surface area (Å²) in [6.07, 6.45) is 3.37. The number of hydrogen-bond donors (Lipinski definition) is 1. The lowest BCUT2D eigenvalue weighted by molar-refractivity contribution is 0.0608. The smallest absolute Gasteiger partial charge is 0.261 e. The number of hydrazone groups is 1. The standard InChI is InChI=1S/C26H22N4O2/c1-2-3-15-30-25(31)20-9-6-8-19-23(14-13-21(24(19)20)26(30)32)29-27-16-18-12-11-17-7-4-5-10-22(17)28-18/h4-14,16,29H,2-3,15H2,1H3/b27-16+. The summed E-state index contributed by atoms with van der Waals surface area (Å²) in [5.41, 5.74) is 6.53. The Morgan fingerprint density at radius 3 is 2.59 bits per heavy atom. The molecule has 2 amide bonds. The molecule has 0 radical (unpaired) electrons. The molecule has 6 nitrogen and oxygen atoms in total. The van der Waals surface area contributed by atoms with E-state index in [9.17, 15) is 9.59 Å². The first-order valence-corrected chi connectivity index (χ1v) is 10.7. The zero-order valence-electron chi connectivity index (χ0n) is 17.7. The van der Waals surface area contributed by atoms with Crippen molar-refractivity contribution in [2.45, 2.75) is 19.8 Å². The highest BCUT2D eigenvalue weighted by Gasteiger charge is 2.32. The molecule has 5 rings (SSSR count). The summed E-state index contributed by atoms with van der Waals surface area (Å²) >= 11 is 0. The van der Waals surface area contributed by atoms with Crippen LogP contribution < -0.4 is 5.43 Å². The number of nitrogens with zero attached hydrogens (tertiary/aromatic N) is 3. The maximum Gasteiger partial charge on any atom is 0.261 e. The number of amides is 2. The van der Waals surface area contributed by atoms with Crippen molar-refractivity contribution in [2.24, 2.45) is 5.10 Å². The molecule has 0 atom stereocenters. The molecule has 1 N–H and O–H groups in total. The van der Waals surface area contributed by atoms with E-state index in [0.29, 0.717) is 23.1 Å². The maximum atomic E-state index is 13.0. The van der Waals surface area contributed by atoms with Crippen LogP contribution in [0.25, 0.3) is 21.7 Å². The van der Waals surface area contributed by atoms with Crippen LogP contribution in [0, 0.1) is 0 Å². The van der Waals surface area contributed by atoms with Crippen molar-refractivity contribution in [2.75, 3.05) is 12.0 Å². The minimum absolute atomic E-state index is 0.234. The van der Waals surface area contributed by atoms with Crippen molar-refractivity contribution in [1.29, 1.82) is 0 Å². The van der Waals surface area contributed by atoms with Gasteiger partial charge in [-0.3, -0.25) is 19.9 Å². The van der Waals surface area contributed by atoms with Crippen LogP contribution in [0.3, 0.4) is 0 Å². The Kier molecular flexibility index (Phi) is 5.11. The van der Waals surface area contributed by atoms with Crippen LogP contribution in [0.2, 0.25) is 0 Å². The summed E-state index contributed by atoms with van der Waals surface area (Å²) in [6, 6.07) is 21.0. The van der Waals surface area contributed by atoms with Crippen LogP contribution in [0.5, 0.6) is 0 Å². The minimum Gasteiger partial charge on any atom is -0.278 e. The highest BCUT2D eigenvalue weighted by Crippen LogP contribution is 2.34. The number of anilines is 1. The fourth-order valence-corrected chi connectivity index (χ4v) is 4.08. The Bertz CT molecular complexity index is 1370. The van der Waals surface area contributed by atoms with Gasteiger partial charge in [-0.25, -0.2) is 4.98 Å². The monoisotopic (exact) mass is 422 g/mol. The Balaban J connectivity index is 1.47. The molecule has 0 aliphatic carbocycles. The molecular weight excluding hydrogens is 400 g/mol. The first kappa shape index (κ1) is 19.9. The van der Waals surface area contributed by atoms with Crippen LogP contribution in [-0.2, 0) is 0 Å². The van der Waals surface area contributed by atoms with Crippen LogP contribution in [0.1, 0.15) is 46.2 Å². The number of carbonyl (C=O) groups is 2. The molecule has 0 fully saturated rings. The van der Waals surface area contributed by atoms with Crippen LogP contribution in [0.4, 0.5) is 5.69 Å². The molecule has 1 aliphatic heterocycles. The van der Waals surface area contributed by atoms with E-state index in [-0.39, 0.29) is 11.8 Å². The second kappa shape index (κ2) is 8.23. The number of aromatic nitrogens is 1. The van der Waals surface area contributed by atoms with E-state index in [4.69, 9.17) is 0 Å². The first-order chi connectivity index (χ1) is 15.7. The number of imide groups is 1. The summed E-state index contributed by atoms with van der Waals surface area (Å²) < 4.78 is 0. The van der Waals surface area contributed by atoms with Crippen LogP contribution >= 0.6 is 0 Å². The van der Waals surface area contributed by atoms with Crippen molar-refractivity contribution < 1.29 is 9.59 Å². The van der Waals surface area contributed by atoms with E-state index in [1.54, 1.807) is 18.3 Å². The van der Waals surface area contributed by atoms with Gasteiger partial charge >= 0.3 is 0 Å². The fourth-order valence-electron chi connectivity index (χ4n) is 4.08. The van der Waals surface area contributed by atoms with E-state index in [1.165, 1.54) is 4.90 Å². The number of pyridine rings is 1. The molecule has 2 heterocycles. The number of para-hydroxylation sites is 1. The molecule has 158 valence electrons. The lowest BCUT2D eigenvalue weighted by atomic mass is 9.93. The lowest BCUT2D eigenvalue weighted by Gasteiger charge is -2.27. The topological polar surface area (TPSA) is 74.7 Å². The van der Waals surface area contributed by atoms with E-state index >= 15 is 0 Å². The maximum absolute atomic E-state index is 13.0. The SMILES string of the molecule is CCCCN1C(=O)c2cccc3c(N/N=C/c4ccc5ccccc5n4)ccc(c23)C1=O. The average molecular weight is 422 g/mol. The summed E-state index contributed by atoms with van der Waals surface area (Å²) in [4.78, 5) is 31.9. The number of benzene rings is 3. The largest absolute Gasteiger partial charge is 0.278 e. The summed E-state index contributed by atoms with van der Waals surface area (Å²) in [5.74, 6) is -0.467. The quantitative estimate of drug-likeness (QED) is 0.262. The Hall–Kier alpha value is -4.06. The predicted octanol–water partition coefficient (Wildman–Crippen LogP) is 5.23. The van der Waals surface area contributed by atoms with Crippen molar-refractivity contribution in [1.82, 2.24) is 9.88 Å². The van der Waals surface area contributed by atoms with Crippen LogP contribution in [0.15, 0.2) is 71.8 Å². The van der Waals surface area contributed by atoms with Gasteiger partial charge in [-0.15, -0.1) is 0 Å². The Labute approximate surface area is 185 Å². The van der Waals surface area contributed by atoms with Gasteiger partial charge in [0.25, 0.3) is 11.8 Å². The van der Waals surface area contributed by atoms with E-state index in [0.717, 1.165) is 40.5 Å². The third-order valence-electron chi connectivity index (χ3n) is 5.73. The highest BCUT2D eigenvalue weighted by molar-refractivity contribution is 6.26. The van der Waals surface area contributed by atoms with Gasteiger partial charge in [-0.2, -0.15) is 5.10 Å². The predicted molar refractivity (Wildman–Crippen MR) is 127 cm³/mol. The van der Waals surface area contributed by atoms with Crippen molar-refractivity contribution in [3.8, 4) is 0 Å². The van der Waals surface area contributed by atoms with Gasteiger partial charge in [0.15, 0.2) is 0 Å². The molecule has 0 unspecified atom stereocenters. The zero-order chi connectivity index (χ0) is 22.1. The first-order valence-electron chi connectivity index (χ1n) is 10.7. The van der Waals surface area contributed by atoms with Crippen molar-refractivity contribution in [3.05, 3.63) is 83.6 Å². The normalized spacial score (nSPS) is 13.5. The summed E-state index contributed by atoms with van der Waals surface area (Å²) in [5, 5.41) is 6.89. The molecule has 4 aromatic rings. The van der Waals surface area contributed by atoms with Gasteiger partial charge in [0.2, 0.25) is 0 Å². The van der Waals surface area contributed by atoms with E-state index in [1.807, 2.05) is 61.5 Å². The fraction of sp³-hybridized carbons (Fsp3) is 0.154. The third-order valence-corrected chi connectivity index (χ3v) is 5.73. The number of nitrogens with one attached hydrogen (secondary N) is 1. The third kappa shape index (κ3) is 3.39. The molecule has 1 aromatic heterocycles. The number of carbonyl (C=O) groups excluding carboxylic acids is 2.